The van der Waals surface area contributed by atoms with Gasteiger partial charge in [-0.15, -0.1) is 0 Å². The minimum atomic E-state index is -2.64. The molecule has 1 N–H and O–H groups in total. The predicted molar refractivity (Wildman–Crippen MR) is 144 cm³/mol. The van der Waals surface area contributed by atoms with Gasteiger partial charge in [-0.1, -0.05) is 6.07 Å². The Morgan fingerprint density at radius 3 is 2.37 bits per heavy atom. The van der Waals surface area contributed by atoms with E-state index in [0.29, 0.717) is 11.6 Å². The summed E-state index contributed by atoms with van der Waals surface area (Å²) in [5.74, 6) is -1.95. The SMILES string of the molecule is CC(C)N1CCN(c2ccc3c(C(=O)NCC(c4cncnc4)N4CCC(F)(F)CC4)cccc3n2)CC1. The number of nitrogens with zero attached hydrogens (tertiary/aromatic N) is 6. The van der Waals surface area contributed by atoms with Crippen molar-refractivity contribution in [2.45, 2.75) is 44.7 Å². The number of amides is 1. The van der Waals surface area contributed by atoms with Crippen LogP contribution in [0.3, 0.4) is 0 Å². The Balaban J connectivity index is 1.30. The van der Waals surface area contributed by atoms with Crippen LogP contribution in [0.2, 0.25) is 0 Å². The van der Waals surface area contributed by atoms with Crippen molar-refractivity contribution < 1.29 is 13.6 Å². The molecular formula is C28H35F2N7O. The third kappa shape index (κ3) is 5.91. The van der Waals surface area contributed by atoms with Gasteiger partial charge in [-0.3, -0.25) is 14.6 Å². The highest BCUT2D eigenvalue weighted by atomic mass is 19.3. The molecule has 0 bridgehead atoms. The number of fused-ring (bicyclic) bond motifs is 1. The van der Waals surface area contributed by atoms with Gasteiger partial charge in [0.05, 0.1) is 11.6 Å². The van der Waals surface area contributed by atoms with Gasteiger partial charge >= 0.3 is 0 Å². The Labute approximate surface area is 222 Å². The van der Waals surface area contributed by atoms with Crippen molar-refractivity contribution in [2.24, 2.45) is 0 Å². The van der Waals surface area contributed by atoms with Gasteiger partial charge in [-0.05, 0) is 38.1 Å². The first-order valence-corrected chi connectivity index (χ1v) is 13.3. The van der Waals surface area contributed by atoms with Crippen molar-refractivity contribution in [1.82, 2.24) is 30.1 Å². The van der Waals surface area contributed by atoms with E-state index in [1.54, 1.807) is 18.5 Å². The van der Waals surface area contributed by atoms with Crippen LogP contribution in [-0.4, -0.2) is 88.4 Å². The summed E-state index contributed by atoms with van der Waals surface area (Å²) in [4.78, 5) is 33.2. The summed E-state index contributed by atoms with van der Waals surface area (Å²) in [6.07, 6.45) is 4.40. The summed E-state index contributed by atoms with van der Waals surface area (Å²) in [5.41, 5.74) is 2.10. The topological polar surface area (TPSA) is 77.5 Å². The molecule has 1 amide bonds. The van der Waals surface area contributed by atoms with Gasteiger partial charge in [0, 0.05) is 93.6 Å². The standard InChI is InChI=1S/C28H35F2N7O/c1-20(2)35-12-14-37(15-13-35)26-7-6-22-23(4-3-5-24(22)34-26)27(38)33-18-25(21-16-31-19-32-17-21)36-10-8-28(29,30)9-11-36/h3-7,16-17,19-20,25H,8-15,18H2,1-2H3,(H,33,38). The summed E-state index contributed by atoms with van der Waals surface area (Å²) in [5, 5.41) is 3.82. The molecule has 1 unspecified atom stereocenters. The Morgan fingerprint density at radius 2 is 1.68 bits per heavy atom. The average Bonchev–Trinajstić information content (AvgIpc) is 2.93. The summed E-state index contributed by atoms with van der Waals surface area (Å²) < 4.78 is 27.6. The second-order valence-corrected chi connectivity index (χ2v) is 10.4. The first-order valence-electron chi connectivity index (χ1n) is 13.3. The van der Waals surface area contributed by atoms with Crippen LogP contribution in [0.25, 0.3) is 10.9 Å². The van der Waals surface area contributed by atoms with Crippen molar-refractivity contribution >= 4 is 22.6 Å². The van der Waals surface area contributed by atoms with E-state index in [2.05, 4.69) is 38.9 Å². The summed E-state index contributed by atoms with van der Waals surface area (Å²) >= 11 is 0. The fourth-order valence-corrected chi connectivity index (χ4v) is 5.37. The normalized spacial score (nSPS) is 19.6. The highest BCUT2D eigenvalue weighted by molar-refractivity contribution is 6.06. The smallest absolute Gasteiger partial charge is 0.252 e. The number of rotatable bonds is 7. The fourth-order valence-electron chi connectivity index (χ4n) is 5.37. The van der Waals surface area contributed by atoms with Gasteiger partial charge in [-0.2, -0.15) is 0 Å². The van der Waals surface area contributed by atoms with Crippen molar-refractivity contribution in [3.8, 4) is 0 Å². The predicted octanol–water partition coefficient (Wildman–Crippen LogP) is 3.76. The highest BCUT2D eigenvalue weighted by Crippen LogP contribution is 2.32. The van der Waals surface area contributed by atoms with E-state index in [0.717, 1.165) is 48.5 Å². The lowest BCUT2D eigenvalue weighted by atomic mass is 10.0. The van der Waals surface area contributed by atoms with E-state index in [4.69, 9.17) is 4.98 Å². The number of pyridine rings is 1. The molecule has 2 saturated heterocycles. The number of hydrogen-bond donors (Lipinski definition) is 1. The fraction of sp³-hybridized carbons (Fsp3) is 0.500. The largest absolute Gasteiger partial charge is 0.354 e. The maximum atomic E-state index is 13.8. The lowest BCUT2D eigenvalue weighted by Gasteiger charge is -2.37. The Kier molecular flexibility index (Phi) is 7.80. The molecule has 38 heavy (non-hydrogen) atoms. The second kappa shape index (κ2) is 11.2. The zero-order valence-corrected chi connectivity index (χ0v) is 22.0. The maximum absolute atomic E-state index is 13.8. The molecule has 2 aromatic heterocycles. The molecule has 0 saturated carbocycles. The Morgan fingerprint density at radius 1 is 0.974 bits per heavy atom. The third-order valence-corrected chi connectivity index (χ3v) is 7.72. The van der Waals surface area contributed by atoms with Gasteiger partial charge in [0.25, 0.3) is 11.8 Å². The monoisotopic (exact) mass is 523 g/mol. The third-order valence-electron chi connectivity index (χ3n) is 7.72. The van der Waals surface area contributed by atoms with Crippen LogP contribution >= 0.6 is 0 Å². The van der Waals surface area contributed by atoms with Crippen LogP contribution < -0.4 is 10.2 Å². The molecule has 2 aliphatic heterocycles. The molecular weight excluding hydrogens is 488 g/mol. The summed E-state index contributed by atoms with van der Waals surface area (Å²) in [6.45, 7) is 9.04. The van der Waals surface area contributed by atoms with Crippen LogP contribution in [0.15, 0.2) is 49.1 Å². The van der Waals surface area contributed by atoms with Crippen LogP contribution in [0.5, 0.6) is 0 Å². The van der Waals surface area contributed by atoms with Gasteiger partial charge in [0.15, 0.2) is 0 Å². The number of carbonyl (C=O) groups excluding carboxylic acids is 1. The number of nitrogens with one attached hydrogen (secondary N) is 1. The first-order chi connectivity index (χ1) is 18.3. The molecule has 1 aromatic carbocycles. The van der Waals surface area contributed by atoms with Crippen molar-refractivity contribution in [2.75, 3.05) is 50.7 Å². The maximum Gasteiger partial charge on any atom is 0.252 e. The highest BCUT2D eigenvalue weighted by Gasteiger charge is 2.37. The lowest BCUT2D eigenvalue weighted by Crippen LogP contribution is -2.49. The number of carbonyl (C=O) groups is 1. The molecule has 202 valence electrons. The number of alkyl halides is 2. The number of anilines is 1. The molecule has 8 nitrogen and oxygen atoms in total. The van der Waals surface area contributed by atoms with E-state index in [1.807, 2.05) is 29.2 Å². The van der Waals surface area contributed by atoms with Gasteiger partial charge in [0.2, 0.25) is 0 Å². The second-order valence-electron chi connectivity index (χ2n) is 10.4. The number of piperazine rings is 1. The first kappa shape index (κ1) is 26.4. The van der Waals surface area contributed by atoms with Crippen molar-refractivity contribution in [3.63, 3.8) is 0 Å². The van der Waals surface area contributed by atoms with Crippen LogP contribution in [0.4, 0.5) is 14.6 Å². The average molecular weight is 524 g/mol. The molecule has 3 aromatic rings. The number of hydrogen-bond acceptors (Lipinski definition) is 7. The molecule has 2 aliphatic rings. The number of benzene rings is 1. The van der Waals surface area contributed by atoms with Crippen molar-refractivity contribution in [1.29, 1.82) is 0 Å². The van der Waals surface area contributed by atoms with Crippen molar-refractivity contribution in [3.05, 3.63) is 60.2 Å². The number of halogens is 2. The van der Waals surface area contributed by atoms with E-state index in [9.17, 15) is 13.6 Å². The quantitative estimate of drug-likeness (QED) is 0.505. The molecule has 10 heteroatoms. The lowest BCUT2D eigenvalue weighted by molar-refractivity contribution is -0.0632. The minimum absolute atomic E-state index is 0.199. The zero-order valence-electron chi connectivity index (χ0n) is 22.0. The number of piperidine rings is 1. The van der Waals surface area contributed by atoms with Gasteiger partial charge < -0.3 is 10.2 Å². The molecule has 2 fully saturated rings. The molecule has 0 aliphatic carbocycles. The summed E-state index contributed by atoms with van der Waals surface area (Å²) in [7, 11) is 0. The van der Waals surface area contributed by atoms with Gasteiger partial charge in [0.1, 0.15) is 12.1 Å². The molecule has 4 heterocycles. The minimum Gasteiger partial charge on any atom is -0.354 e. The molecule has 5 rings (SSSR count). The van der Waals surface area contributed by atoms with Crippen LogP contribution in [0.1, 0.15) is 48.7 Å². The van der Waals surface area contributed by atoms with E-state index < -0.39 is 5.92 Å². The number of likely N-dealkylation sites (tertiary alicyclic amines) is 1. The molecule has 0 spiro atoms. The Bertz CT molecular complexity index is 1240. The molecule has 1 atom stereocenters. The van der Waals surface area contributed by atoms with E-state index in [-0.39, 0.29) is 44.4 Å². The van der Waals surface area contributed by atoms with Gasteiger partial charge in [-0.25, -0.2) is 23.7 Å². The van der Waals surface area contributed by atoms with Crippen LogP contribution in [-0.2, 0) is 0 Å². The van der Waals surface area contributed by atoms with Crippen LogP contribution in [0, 0.1) is 0 Å². The zero-order chi connectivity index (χ0) is 26.7. The number of aromatic nitrogens is 3. The van der Waals surface area contributed by atoms with E-state index >= 15 is 0 Å². The Hall–Kier alpha value is -3.24. The summed E-state index contributed by atoms with van der Waals surface area (Å²) in [6, 6.07) is 9.77. The molecule has 0 radical (unpaired) electrons. The van der Waals surface area contributed by atoms with E-state index in [1.165, 1.54) is 6.33 Å².